The maximum Gasteiger partial charge on any atom is 0.148 e. The van der Waals surface area contributed by atoms with Crippen molar-refractivity contribution in [2.24, 2.45) is 23.7 Å². The summed E-state index contributed by atoms with van der Waals surface area (Å²) in [5, 5.41) is 4.83. The first-order valence-corrected chi connectivity index (χ1v) is 8.65. The van der Waals surface area contributed by atoms with Crippen molar-refractivity contribution >= 4 is 5.82 Å². The van der Waals surface area contributed by atoms with Gasteiger partial charge in [-0.1, -0.05) is 0 Å². The third-order valence-corrected chi connectivity index (χ3v) is 6.70. The first-order valence-electron chi connectivity index (χ1n) is 8.65. The van der Waals surface area contributed by atoms with E-state index in [1.807, 2.05) is 0 Å². The van der Waals surface area contributed by atoms with E-state index in [2.05, 4.69) is 4.68 Å². The van der Waals surface area contributed by atoms with Crippen molar-refractivity contribution < 1.29 is 0 Å². The average Bonchev–Trinajstić information content (AvgIpc) is 2.76. The van der Waals surface area contributed by atoms with Crippen molar-refractivity contribution in [2.45, 2.75) is 63.8 Å². The fourth-order valence-electron chi connectivity index (χ4n) is 6.20. The fourth-order valence-corrected chi connectivity index (χ4v) is 6.20. The van der Waals surface area contributed by atoms with Crippen LogP contribution in [0.4, 0.5) is 5.82 Å². The molecule has 0 unspecified atom stereocenters. The zero-order valence-corrected chi connectivity index (χ0v) is 12.2. The van der Waals surface area contributed by atoms with Crippen LogP contribution >= 0.6 is 0 Å². The Hall–Kier alpha value is -0.990. The Kier molecular flexibility index (Phi) is 2.34. The molecule has 5 aliphatic rings. The fraction of sp³-hybridized carbons (Fsp3) is 0.824. The van der Waals surface area contributed by atoms with Crippen LogP contribution in [0.5, 0.6) is 0 Å². The van der Waals surface area contributed by atoms with Gasteiger partial charge in [0.1, 0.15) is 5.82 Å². The Morgan fingerprint density at radius 3 is 2.25 bits per heavy atom. The number of rotatable bonds is 1. The molecule has 1 aromatic heterocycles. The molecule has 108 valence electrons. The molecule has 0 atom stereocenters. The van der Waals surface area contributed by atoms with E-state index in [4.69, 9.17) is 10.8 Å². The van der Waals surface area contributed by atoms with Gasteiger partial charge in [-0.05, 0) is 81.5 Å². The summed E-state index contributed by atoms with van der Waals surface area (Å²) in [6.07, 6.45) is 12.4. The van der Waals surface area contributed by atoms with Crippen molar-refractivity contribution in [1.82, 2.24) is 9.78 Å². The van der Waals surface area contributed by atoms with Crippen LogP contribution in [0.15, 0.2) is 0 Å². The Balaban J connectivity index is 1.57. The highest BCUT2D eigenvalue weighted by Gasteiger charge is 2.49. The highest BCUT2D eigenvalue weighted by atomic mass is 15.3. The molecule has 0 radical (unpaired) electrons. The van der Waals surface area contributed by atoms with Crippen LogP contribution in [-0.2, 0) is 12.8 Å². The summed E-state index contributed by atoms with van der Waals surface area (Å²) in [5.74, 6) is 4.72. The summed E-state index contributed by atoms with van der Waals surface area (Å²) in [6.45, 7) is 0. The van der Waals surface area contributed by atoms with Crippen molar-refractivity contribution in [2.75, 3.05) is 5.73 Å². The van der Waals surface area contributed by atoms with Gasteiger partial charge in [0.2, 0.25) is 0 Å². The molecule has 0 amide bonds. The van der Waals surface area contributed by atoms with Crippen molar-refractivity contribution in [1.29, 1.82) is 0 Å². The molecule has 5 aliphatic carbocycles. The first kappa shape index (κ1) is 11.6. The van der Waals surface area contributed by atoms with E-state index in [9.17, 15) is 0 Å². The Morgan fingerprint density at radius 1 is 0.900 bits per heavy atom. The topological polar surface area (TPSA) is 43.8 Å². The van der Waals surface area contributed by atoms with Crippen LogP contribution in [0.25, 0.3) is 0 Å². The zero-order chi connectivity index (χ0) is 13.3. The van der Waals surface area contributed by atoms with Crippen LogP contribution in [0.1, 0.15) is 62.2 Å². The normalized spacial score (nSPS) is 41.9. The lowest BCUT2D eigenvalue weighted by molar-refractivity contribution is -0.0346. The van der Waals surface area contributed by atoms with Crippen LogP contribution in [0.2, 0.25) is 0 Å². The first-order chi connectivity index (χ1) is 9.79. The molecular formula is C17H25N3. The molecule has 1 aromatic rings. The summed E-state index contributed by atoms with van der Waals surface area (Å²) in [7, 11) is 0. The summed E-state index contributed by atoms with van der Waals surface area (Å²) in [4.78, 5) is 0. The Labute approximate surface area is 120 Å². The maximum absolute atomic E-state index is 6.22. The molecule has 2 N–H and O–H groups in total. The molecule has 6 rings (SSSR count). The summed E-state index contributed by atoms with van der Waals surface area (Å²) in [6, 6.07) is 0.687. The largest absolute Gasteiger partial charge is 0.382 e. The van der Waals surface area contributed by atoms with E-state index in [1.165, 1.54) is 62.6 Å². The van der Waals surface area contributed by atoms with Crippen LogP contribution in [0.3, 0.4) is 0 Å². The smallest absolute Gasteiger partial charge is 0.148 e. The number of anilines is 1. The van der Waals surface area contributed by atoms with Crippen LogP contribution < -0.4 is 5.73 Å². The third kappa shape index (κ3) is 1.49. The molecule has 0 spiro atoms. The molecule has 3 nitrogen and oxygen atoms in total. The second-order valence-corrected chi connectivity index (χ2v) is 7.88. The van der Waals surface area contributed by atoms with Crippen molar-refractivity contribution in [3.63, 3.8) is 0 Å². The van der Waals surface area contributed by atoms with E-state index >= 15 is 0 Å². The lowest BCUT2D eigenvalue weighted by Crippen LogP contribution is -2.46. The standard InChI is InChI=1S/C17H25N3/c18-17-14-3-1-2-4-15(14)20(19-17)16-12-6-10-5-11(8-12)9-13(16)7-10/h10-13,16H,1-9H2,(H2,18,19). The van der Waals surface area contributed by atoms with Gasteiger partial charge in [-0.25, -0.2) is 0 Å². The minimum atomic E-state index is 0.687. The monoisotopic (exact) mass is 271 g/mol. The number of aromatic nitrogens is 2. The van der Waals surface area contributed by atoms with Gasteiger partial charge in [-0.15, -0.1) is 0 Å². The molecule has 20 heavy (non-hydrogen) atoms. The van der Waals surface area contributed by atoms with Crippen LogP contribution in [0, 0.1) is 23.7 Å². The van der Waals surface area contributed by atoms with Crippen LogP contribution in [-0.4, -0.2) is 9.78 Å². The predicted octanol–water partition coefficient (Wildman–Crippen LogP) is 3.34. The lowest BCUT2D eigenvalue weighted by atomic mass is 9.54. The predicted molar refractivity (Wildman–Crippen MR) is 79.4 cm³/mol. The molecule has 0 aliphatic heterocycles. The summed E-state index contributed by atoms with van der Waals surface area (Å²) < 4.78 is 2.43. The van der Waals surface area contributed by atoms with E-state index < -0.39 is 0 Å². The SMILES string of the molecule is Nc1nn(C2C3CC4CC(C3)CC2C4)c2c1CCCC2. The van der Waals surface area contributed by atoms with E-state index in [1.54, 1.807) is 0 Å². The number of nitrogens with two attached hydrogens (primary N) is 1. The van der Waals surface area contributed by atoms with Gasteiger partial charge < -0.3 is 5.73 Å². The Bertz CT molecular complexity index is 517. The van der Waals surface area contributed by atoms with Gasteiger partial charge in [0.05, 0.1) is 6.04 Å². The lowest BCUT2D eigenvalue weighted by Gasteiger charge is -2.54. The van der Waals surface area contributed by atoms with E-state index in [0.29, 0.717) is 6.04 Å². The highest BCUT2D eigenvalue weighted by Crippen LogP contribution is 2.58. The number of nitrogen functional groups attached to an aromatic ring is 1. The molecule has 4 fully saturated rings. The van der Waals surface area contributed by atoms with Gasteiger partial charge >= 0.3 is 0 Å². The molecule has 3 heteroatoms. The summed E-state index contributed by atoms with van der Waals surface area (Å²) in [5.41, 5.74) is 9.12. The molecule has 0 aromatic carbocycles. The van der Waals surface area contributed by atoms with E-state index in [-0.39, 0.29) is 0 Å². The third-order valence-electron chi connectivity index (χ3n) is 6.70. The quantitative estimate of drug-likeness (QED) is 0.851. The molecule has 4 saturated carbocycles. The second-order valence-electron chi connectivity index (χ2n) is 7.88. The van der Waals surface area contributed by atoms with Gasteiger partial charge in [-0.2, -0.15) is 5.10 Å². The molecule has 4 bridgehead atoms. The van der Waals surface area contributed by atoms with Crippen molar-refractivity contribution in [3.05, 3.63) is 11.3 Å². The maximum atomic E-state index is 6.22. The minimum absolute atomic E-state index is 0.687. The molecule has 0 saturated heterocycles. The number of nitrogens with zero attached hydrogens (tertiary/aromatic N) is 2. The highest BCUT2D eigenvalue weighted by molar-refractivity contribution is 5.44. The number of hydrogen-bond acceptors (Lipinski definition) is 2. The Morgan fingerprint density at radius 2 is 1.55 bits per heavy atom. The number of fused-ring (bicyclic) bond motifs is 1. The second kappa shape index (κ2) is 4.02. The van der Waals surface area contributed by atoms with Gasteiger partial charge in [0.15, 0.2) is 0 Å². The van der Waals surface area contributed by atoms with Gasteiger partial charge in [0, 0.05) is 11.3 Å². The molecule has 1 heterocycles. The van der Waals surface area contributed by atoms with Gasteiger partial charge in [0.25, 0.3) is 0 Å². The van der Waals surface area contributed by atoms with E-state index in [0.717, 1.165) is 35.9 Å². The average molecular weight is 271 g/mol. The van der Waals surface area contributed by atoms with Crippen molar-refractivity contribution in [3.8, 4) is 0 Å². The van der Waals surface area contributed by atoms with Gasteiger partial charge in [-0.3, -0.25) is 4.68 Å². The number of hydrogen-bond donors (Lipinski definition) is 1. The minimum Gasteiger partial charge on any atom is -0.382 e. The zero-order valence-electron chi connectivity index (χ0n) is 12.2. The molecular weight excluding hydrogens is 246 g/mol. The summed E-state index contributed by atoms with van der Waals surface area (Å²) >= 11 is 0.